The lowest BCUT2D eigenvalue weighted by atomic mass is 10.2. The van der Waals surface area contributed by atoms with Gasteiger partial charge in [-0.1, -0.05) is 0 Å². The fraction of sp³-hybridized carbons (Fsp3) is 0.545. The van der Waals surface area contributed by atoms with E-state index in [1.807, 2.05) is 0 Å². The number of carboxylic acid groups (broad SMARTS) is 1. The van der Waals surface area contributed by atoms with Crippen LogP contribution < -0.4 is 5.32 Å². The van der Waals surface area contributed by atoms with Gasteiger partial charge in [-0.25, -0.2) is 4.79 Å². The molecule has 0 amide bonds. The second kappa shape index (κ2) is 6.30. The highest BCUT2D eigenvalue weighted by Crippen LogP contribution is 2.14. The quantitative estimate of drug-likeness (QED) is 0.609. The summed E-state index contributed by atoms with van der Waals surface area (Å²) in [6, 6.07) is 1.54. The minimum Gasteiger partial charge on any atom is -0.475 e. The number of carboxylic acids is 1. The zero-order chi connectivity index (χ0) is 12.0. The Morgan fingerprint density at radius 1 is 1.50 bits per heavy atom. The van der Waals surface area contributed by atoms with Crippen molar-refractivity contribution in [2.45, 2.75) is 26.3 Å². The van der Waals surface area contributed by atoms with Crippen molar-refractivity contribution in [1.82, 2.24) is 5.32 Å². The maximum atomic E-state index is 10.6. The molecule has 0 aliphatic heterocycles. The van der Waals surface area contributed by atoms with Gasteiger partial charge in [0.15, 0.2) is 0 Å². The van der Waals surface area contributed by atoms with Crippen molar-refractivity contribution in [3.8, 4) is 0 Å². The van der Waals surface area contributed by atoms with Crippen LogP contribution >= 0.6 is 0 Å². The predicted octanol–water partition coefficient (Wildman–Crippen LogP) is 1.15. The van der Waals surface area contributed by atoms with Crippen LogP contribution in [-0.4, -0.2) is 29.3 Å². The van der Waals surface area contributed by atoms with E-state index < -0.39 is 5.97 Å². The Balaban J connectivity index is 2.39. The van der Waals surface area contributed by atoms with Gasteiger partial charge in [0.2, 0.25) is 5.76 Å². The molecular formula is C11H17NO4. The van der Waals surface area contributed by atoms with Crippen molar-refractivity contribution in [2.24, 2.45) is 0 Å². The van der Waals surface area contributed by atoms with Crippen LogP contribution in [0.3, 0.4) is 0 Å². The Hall–Kier alpha value is -1.33. The van der Waals surface area contributed by atoms with Crippen LogP contribution in [0, 0.1) is 6.92 Å². The van der Waals surface area contributed by atoms with Crippen LogP contribution in [-0.2, 0) is 6.54 Å². The number of hydrogen-bond acceptors (Lipinski definition) is 4. The van der Waals surface area contributed by atoms with Gasteiger partial charge in [0.05, 0.1) is 0 Å². The van der Waals surface area contributed by atoms with Crippen molar-refractivity contribution >= 4 is 5.97 Å². The van der Waals surface area contributed by atoms with Gasteiger partial charge in [0, 0.05) is 18.7 Å². The summed E-state index contributed by atoms with van der Waals surface area (Å²) in [6.07, 6.45) is 1.68. The van der Waals surface area contributed by atoms with Gasteiger partial charge in [0.1, 0.15) is 5.76 Å². The molecule has 0 unspecified atom stereocenters. The molecule has 0 radical (unpaired) electrons. The summed E-state index contributed by atoms with van der Waals surface area (Å²) in [5, 5.41) is 20.5. The van der Waals surface area contributed by atoms with Crippen molar-refractivity contribution in [2.75, 3.05) is 13.2 Å². The summed E-state index contributed by atoms with van der Waals surface area (Å²) in [6.45, 7) is 3.34. The van der Waals surface area contributed by atoms with E-state index in [0.717, 1.165) is 24.9 Å². The molecule has 0 saturated heterocycles. The average Bonchev–Trinajstić information content (AvgIpc) is 2.60. The third kappa shape index (κ3) is 3.67. The number of rotatable bonds is 7. The number of carbonyl (C=O) groups is 1. The molecule has 0 aliphatic rings. The maximum absolute atomic E-state index is 10.6. The van der Waals surface area contributed by atoms with Gasteiger partial charge in [-0.05, 0) is 32.4 Å². The van der Waals surface area contributed by atoms with Crippen molar-refractivity contribution in [3.63, 3.8) is 0 Å². The molecular weight excluding hydrogens is 210 g/mol. The Morgan fingerprint density at radius 3 is 2.81 bits per heavy atom. The first-order valence-electron chi connectivity index (χ1n) is 5.29. The molecule has 0 spiro atoms. The van der Waals surface area contributed by atoms with Gasteiger partial charge in [-0.2, -0.15) is 0 Å². The molecule has 1 aromatic heterocycles. The minimum absolute atomic E-state index is 0.0235. The summed E-state index contributed by atoms with van der Waals surface area (Å²) < 4.78 is 5.07. The predicted molar refractivity (Wildman–Crippen MR) is 58.4 cm³/mol. The second-order valence-electron chi connectivity index (χ2n) is 3.60. The first-order valence-corrected chi connectivity index (χ1v) is 5.29. The Kier molecular flexibility index (Phi) is 5.01. The van der Waals surface area contributed by atoms with E-state index in [0.29, 0.717) is 12.3 Å². The summed E-state index contributed by atoms with van der Waals surface area (Å²) in [7, 11) is 0. The highest BCUT2D eigenvalue weighted by molar-refractivity contribution is 5.84. The molecule has 0 aliphatic carbocycles. The number of hydrogen-bond donors (Lipinski definition) is 3. The van der Waals surface area contributed by atoms with Crippen LogP contribution in [0.4, 0.5) is 0 Å². The summed E-state index contributed by atoms with van der Waals surface area (Å²) in [5.41, 5.74) is 0.862. The van der Waals surface area contributed by atoms with Crippen molar-refractivity contribution < 1.29 is 19.4 Å². The van der Waals surface area contributed by atoms with Crippen LogP contribution in [0.2, 0.25) is 0 Å². The highest BCUT2D eigenvalue weighted by atomic mass is 16.4. The smallest absolute Gasteiger partial charge is 0.371 e. The van der Waals surface area contributed by atoms with E-state index >= 15 is 0 Å². The Labute approximate surface area is 94.1 Å². The zero-order valence-corrected chi connectivity index (χ0v) is 9.32. The van der Waals surface area contributed by atoms with Crippen molar-refractivity contribution in [3.05, 3.63) is 23.2 Å². The molecule has 16 heavy (non-hydrogen) atoms. The molecule has 5 nitrogen and oxygen atoms in total. The van der Waals surface area contributed by atoms with E-state index in [9.17, 15) is 4.79 Å². The second-order valence-corrected chi connectivity index (χ2v) is 3.60. The molecule has 0 fully saturated rings. The minimum atomic E-state index is -1.05. The number of aryl methyl sites for hydroxylation is 1. The molecule has 0 saturated carbocycles. The third-order valence-electron chi connectivity index (χ3n) is 2.31. The number of aliphatic hydroxyl groups excluding tert-OH is 1. The number of aliphatic hydroxyl groups is 1. The fourth-order valence-electron chi connectivity index (χ4n) is 1.39. The van der Waals surface area contributed by atoms with Gasteiger partial charge < -0.3 is 19.9 Å². The highest BCUT2D eigenvalue weighted by Gasteiger charge is 2.12. The lowest BCUT2D eigenvalue weighted by Crippen LogP contribution is -2.15. The van der Waals surface area contributed by atoms with E-state index in [2.05, 4.69) is 5.32 Å². The van der Waals surface area contributed by atoms with E-state index in [4.69, 9.17) is 14.6 Å². The fourth-order valence-corrected chi connectivity index (χ4v) is 1.39. The number of unbranched alkanes of at least 4 members (excludes halogenated alkanes) is 1. The number of furan rings is 1. The molecule has 5 heteroatoms. The zero-order valence-electron chi connectivity index (χ0n) is 9.32. The van der Waals surface area contributed by atoms with E-state index in [1.165, 1.54) is 6.07 Å². The molecule has 1 heterocycles. The van der Waals surface area contributed by atoms with Gasteiger partial charge >= 0.3 is 5.97 Å². The van der Waals surface area contributed by atoms with Crippen LogP contribution in [0.5, 0.6) is 0 Å². The molecule has 0 atom stereocenters. The summed E-state index contributed by atoms with van der Waals surface area (Å²) in [4.78, 5) is 10.6. The molecule has 1 aromatic rings. The molecule has 0 aromatic carbocycles. The van der Waals surface area contributed by atoms with E-state index in [1.54, 1.807) is 6.92 Å². The average molecular weight is 227 g/mol. The maximum Gasteiger partial charge on any atom is 0.371 e. The monoisotopic (exact) mass is 227 g/mol. The Bertz CT molecular complexity index is 346. The Morgan fingerprint density at radius 2 is 2.25 bits per heavy atom. The van der Waals surface area contributed by atoms with Gasteiger partial charge in [0.25, 0.3) is 0 Å². The van der Waals surface area contributed by atoms with Crippen molar-refractivity contribution in [1.29, 1.82) is 0 Å². The first-order chi connectivity index (χ1) is 7.65. The van der Waals surface area contributed by atoms with Crippen LogP contribution in [0.1, 0.15) is 34.7 Å². The first kappa shape index (κ1) is 12.7. The number of nitrogens with one attached hydrogen (secondary N) is 1. The topological polar surface area (TPSA) is 82.7 Å². The standard InChI is InChI=1S/C11H17NO4/c1-8-9(6-10(16-8)11(14)15)7-12-4-2-3-5-13/h6,12-13H,2-5,7H2,1H3,(H,14,15). The molecule has 90 valence electrons. The van der Waals surface area contributed by atoms with Crippen LogP contribution in [0.15, 0.2) is 10.5 Å². The lowest BCUT2D eigenvalue weighted by molar-refractivity contribution is 0.0661. The van der Waals surface area contributed by atoms with E-state index in [-0.39, 0.29) is 12.4 Å². The van der Waals surface area contributed by atoms with Crippen LogP contribution in [0.25, 0.3) is 0 Å². The summed E-state index contributed by atoms with van der Waals surface area (Å²) >= 11 is 0. The van der Waals surface area contributed by atoms with Gasteiger partial charge in [-0.15, -0.1) is 0 Å². The summed E-state index contributed by atoms with van der Waals surface area (Å²) in [5.74, 6) is -0.439. The SMILES string of the molecule is Cc1oc(C(=O)O)cc1CNCCCCO. The largest absolute Gasteiger partial charge is 0.475 e. The molecule has 0 bridgehead atoms. The normalized spacial score (nSPS) is 10.6. The lowest BCUT2D eigenvalue weighted by Gasteiger charge is -2.02. The third-order valence-corrected chi connectivity index (χ3v) is 2.31. The number of aromatic carboxylic acids is 1. The molecule has 3 N–H and O–H groups in total. The van der Waals surface area contributed by atoms with Gasteiger partial charge in [-0.3, -0.25) is 0 Å². The molecule has 1 rings (SSSR count).